The van der Waals surface area contributed by atoms with Gasteiger partial charge in [-0.15, -0.1) is 0 Å². The van der Waals surface area contributed by atoms with Gasteiger partial charge in [0.1, 0.15) is 35.9 Å². The van der Waals surface area contributed by atoms with E-state index in [-0.39, 0.29) is 60.6 Å². The van der Waals surface area contributed by atoms with Gasteiger partial charge in [0.05, 0.1) is 22.3 Å². The lowest BCUT2D eigenvalue weighted by Gasteiger charge is -2.43. The maximum absolute atomic E-state index is 15.2. The second-order valence-corrected chi connectivity index (χ2v) is 20.1. The topological polar surface area (TPSA) is 194 Å². The molecule has 0 bridgehead atoms. The Hall–Kier alpha value is -6.95. The number of anilines is 3. The molecule has 4 aromatic carbocycles. The summed E-state index contributed by atoms with van der Waals surface area (Å²) in [5, 5.41) is 12.5. The molecule has 4 fully saturated rings. The second kappa shape index (κ2) is 18.5. The molecule has 5 aliphatic heterocycles. The summed E-state index contributed by atoms with van der Waals surface area (Å²) >= 11 is 0. The number of imide groups is 1. The predicted octanol–water partition coefficient (Wildman–Crippen LogP) is 5.08. The number of nitriles is 1. The van der Waals surface area contributed by atoms with Crippen LogP contribution in [0, 0.1) is 23.1 Å². The quantitative estimate of drug-likeness (QED) is 0.167. The SMILES string of the molecule is C[C@H]1CN(CC2CCN(c3ccc4c(c3)CN([C@H]3CCC(=O)NC3=O)C4=O)CC2)CCN1c1ccc(-n2cnc3ccc(Oc4c(F)ccc(NS(=O)(=O)N5CC[C@@H](F)C5)c4C#N)cc3c2=O)cc1. The highest BCUT2D eigenvalue weighted by Gasteiger charge is 2.40. The number of carbonyl (C=O) groups is 3. The van der Waals surface area contributed by atoms with E-state index < -0.39 is 51.0 Å². The zero-order valence-corrected chi connectivity index (χ0v) is 38.6. The molecule has 1 aromatic heterocycles. The van der Waals surface area contributed by atoms with E-state index in [0.717, 1.165) is 85.5 Å². The number of amides is 3. The number of carbonyl (C=O) groups excluding carboxylic acids is 3. The number of nitrogens with zero attached hydrogens (tertiary/aromatic N) is 8. The Bertz CT molecular complexity index is 3090. The minimum Gasteiger partial charge on any atom is -0.453 e. The molecule has 2 N–H and O–H groups in total. The Balaban J connectivity index is 0.746. The summed E-state index contributed by atoms with van der Waals surface area (Å²) in [6, 6.07) is 21.5. The number of ether oxygens (including phenoxy) is 1. The van der Waals surface area contributed by atoms with Crippen molar-refractivity contribution >= 4 is 55.9 Å². The molecule has 0 saturated carbocycles. The number of fused-ring (bicyclic) bond motifs is 2. The van der Waals surface area contributed by atoms with Crippen molar-refractivity contribution in [2.24, 2.45) is 5.92 Å². The van der Waals surface area contributed by atoms with Crippen LogP contribution in [0.3, 0.4) is 0 Å². The van der Waals surface area contributed by atoms with Gasteiger partial charge < -0.3 is 19.4 Å². The Morgan fingerprint density at radius 2 is 1.64 bits per heavy atom. The van der Waals surface area contributed by atoms with Crippen molar-refractivity contribution in [1.82, 2.24) is 29.0 Å². The van der Waals surface area contributed by atoms with Gasteiger partial charge in [-0.05, 0) is 117 Å². The van der Waals surface area contributed by atoms with Gasteiger partial charge in [0.15, 0.2) is 11.6 Å². The summed E-state index contributed by atoms with van der Waals surface area (Å²) in [7, 11) is -4.24. The molecule has 0 radical (unpaired) electrons. The molecule has 17 nitrogen and oxygen atoms in total. The molecular weight excluding hydrogens is 911 g/mol. The number of rotatable bonds is 11. The molecular formula is C49H50F2N10O7S. The summed E-state index contributed by atoms with van der Waals surface area (Å²) in [4.78, 5) is 64.6. The Morgan fingerprint density at radius 1 is 0.870 bits per heavy atom. The van der Waals surface area contributed by atoms with Crippen LogP contribution in [0.25, 0.3) is 16.6 Å². The van der Waals surface area contributed by atoms with E-state index >= 15 is 4.39 Å². The lowest BCUT2D eigenvalue weighted by atomic mass is 9.94. The number of benzene rings is 4. The first-order valence-corrected chi connectivity index (χ1v) is 24.6. The van der Waals surface area contributed by atoms with E-state index in [4.69, 9.17) is 4.74 Å². The summed E-state index contributed by atoms with van der Waals surface area (Å²) in [6.45, 7) is 7.70. The molecule has 0 spiro atoms. The van der Waals surface area contributed by atoms with Crippen molar-refractivity contribution in [3.63, 3.8) is 0 Å². The van der Waals surface area contributed by atoms with Crippen LogP contribution < -0.4 is 30.1 Å². The maximum Gasteiger partial charge on any atom is 0.301 e. The molecule has 0 unspecified atom stereocenters. The summed E-state index contributed by atoms with van der Waals surface area (Å²) in [6.07, 6.45) is 2.84. The molecule has 6 heterocycles. The van der Waals surface area contributed by atoms with Crippen LogP contribution in [-0.4, -0.2) is 120 Å². The Morgan fingerprint density at radius 3 is 2.36 bits per heavy atom. The van der Waals surface area contributed by atoms with Gasteiger partial charge in [0.25, 0.3) is 11.5 Å². The van der Waals surface area contributed by atoms with Gasteiger partial charge in [-0.3, -0.25) is 38.7 Å². The summed E-state index contributed by atoms with van der Waals surface area (Å²) in [5.41, 5.74) is 3.50. The third kappa shape index (κ3) is 9.09. The van der Waals surface area contributed by atoms with Crippen molar-refractivity contribution < 1.29 is 36.3 Å². The number of piperidine rings is 2. The third-order valence-electron chi connectivity index (χ3n) is 14.0. The van der Waals surface area contributed by atoms with Crippen LogP contribution in [0.5, 0.6) is 11.5 Å². The molecule has 5 aromatic rings. The van der Waals surface area contributed by atoms with Crippen molar-refractivity contribution in [3.05, 3.63) is 112 Å². The van der Waals surface area contributed by atoms with Crippen molar-refractivity contribution in [2.45, 2.75) is 63.8 Å². The first-order chi connectivity index (χ1) is 33.2. The fourth-order valence-corrected chi connectivity index (χ4v) is 11.6. The van der Waals surface area contributed by atoms with Crippen molar-refractivity contribution in [3.8, 4) is 23.3 Å². The number of piperazine rings is 1. The number of aromatic nitrogens is 2. The van der Waals surface area contributed by atoms with E-state index in [1.54, 1.807) is 11.0 Å². The van der Waals surface area contributed by atoms with Crippen LogP contribution in [0.15, 0.2) is 83.9 Å². The van der Waals surface area contributed by atoms with E-state index in [2.05, 4.69) is 42.7 Å². The number of hydrogen-bond acceptors (Lipinski definition) is 12. The smallest absolute Gasteiger partial charge is 0.301 e. The minimum atomic E-state index is -4.24. The van der Waals surface area contributed by atoms with Gasteiger partial charge in [0.2, 0.25) is 11.8 Å². The number of nitrogens with one attached hydrogen (secondary N) is 2. The first kappa shape index (κ1) is 45.8. The highest BCUT2D eigenvalue weighted by Crippen LogP contribution is 2.36. The molecule has 10 rings (SSSR count). The van der Waals surface area contributed by atoms with E-state index in [1.165, 1.54) is 29.1 Å². The molecule has 358 valence electrons. The maximum atomic E-state index is 15.2. The van der Waals surface area contributed by atoms with Crippen LogP contribution in [-0.2, 0) is 26.3 Å². The highest BCUT2D eigenvalue weighted by molar-refractivity contribution is 7.90. The first-order valence-electron chi connectivity index (χ1n) is 23.2. The molecule has 69 heavy (non-hydrogen) atoms. The van der Waals surface area contributed by atoms with Gasteiger partial charge in [0, 0.05) is 88.3 Å². The van der Waals surface area contributed by atoms with E-state index in [1.807, 2.05) is 36.4 Å². The number of alkyl halides is 1. The Labute approximate surface area is 397 Å². The average Bonchev–Trinajstić information content (AvgIpc) is 3.93. The molecule has 20 heteroatoms. The van der Waals surface area contributed by atoms with Gasteiger partial charge in [-0.25, -0.2) is 13.8 Å². The molecule has 0 aliphatic carbocycles. The fraction of sp³-hybridized carbons (Fsp3) is 0.388. The summed E-state index contributed by atoms with van der Waals surface area (Å²) < 4.78 is 65.3. The number of halogens is 2. The molecule has 5 aliphatic rings. The summed E-state index contributed by atoms with van der Waals surface area (Å²) in [5.74, 6) is -1.79. The lowest BCUT2D eigenvalue weighted by molar-refractivity contribution is -0.136. The normalized spacial score (nSPS) is 21.7. The zero-order valence-electron chi connectivity index (χ0n) is 37.8. The Kier molecular flexibility index (Phi) is 12.3. The van der Waals surface area contributed by atoms with Gasteiger partial charge >= 0.3 is 10.2 Å². The minimum absolute atomic E-state index is 0.0146. The second-order valence-electron chi connectivity index (χ2n) is 18.5. The standard InChI is InChI=1S/C49H50F2N10O7S/c1-30-25-56(26-31-14-17-57(18-15-31)36-6-8-38-32(22-36)27-60(48(38)64)44-12-13-45(62)54-47(44)63)20-21-59(30)34-2-4-35(5-3-34)61-29-53-42-10-7-37(23-39(42)49(61)65)68-46-40(24-52)43(11-9-41(46)51)55-69(66,67)58-19-16-33(50)28-58/h2-11,22-23,29-31,33,44,55H,12-21,25-28H2,1H3,(H,54,62,63)/t30-,33+,44-/m0/s1. The van der Waals surface area contributed by atoms with Gasteiger partial charge in [-0.2, -0.15) is 18.0 Å². The van der Waals surface area contributed by atoms with E-state index in [0.29, 0.717) is 35.7 Å². The predicted molar refractivity (Wildman–Crippen MR) is 253 cm³/mol. The van der Waals surface area contributed by atoms with Crippen LogP contribution in [0.4, 0.5) is 25.8 Å². The van der Waals surface area contributed by atoms with Gasteiger partial charge in [-0.1, -0.05) is 0 Å². The fourth-order valence-electron chi connectivity index (χ4n) is 10.3. The zero-order chi connectivity index (χ0) is 48.1. The largest absolute Gasteiger partial charge is 0.453 e. The van der Waals surface area contributed by atoms with Crippen molar-refractivity contribution in [1.29, 1.82) is 5.26 Å². The third-order valence-corrected chi connectivity index (χ3v) is 15.5. The van der Waals surface area contributed by atoms with Crippen LogP contribution in [0.1, 0.15) is 60.5 Å². The molecule has 4 saturated heterocycles. The van der Waals surface area contributed by atoms with Crippen LogP contribution in [0.2, 0.25) is 0 Å². The van der Waals surface area contributed by atoms with Crippen LogP contribution >= 0.6 is 0 Å². The average molecular weight is 961 g/mol. The molecule has 3 atom stereocenters. The highest BCUT2D eigenvalue weighted by atomic mass is 32.2. The lowest BCUT2D eigenvalue weighted by Crippen LogP contribution is -2.53. The van der Waals surface area contributed by atoms with Crippen molar-refractivity contribution in [2.75, 3.05) is 66.9 Å². The number of hydrogen-bond donors (Lipinski definition) is 2. The monoisotopic (exact) mass is 960 g/mol. The van der Waals surface area contributed by atoms with E-state index in [9.17, 15) is 37.2 Å². The molecule has 3 amide bonds.